The fraction of sp³-hybridized carbons (Fsp3) is 0. The van der Waals surface area contributed by atoms with Crippen LogP contribution in [0, 0.1) is 0 Å². The second kappa shape index (κ2) is 12.9. The minimum absolute atomic E-state index is 1.15. The molecule has 10 aromatic carbocycles. The van der Waals surface area contributed by atoms with E-state index in [9.17, 15) is 0 Å². The summed E-state index contributed by atoms with van der Waals surface area (Å²) >= 11 is 0. The molecule has 0 unspecified atom stereocenters. The minimum Gasteiger partial charge on any atom is -0.309 e. The van der Waals surface area contributed by atoms with Crippen LogP contribution in [-0.2, 0) is 0 Å². The van der Waals surface area contributed by atoms with E-state index in [1.54, 1.807) is 0 Å². The van der Waals surface area contributed by atoms with E-state index in [4.69, 9.17) is 0 Å². The lowest BCUT2D eigenvalue weighted by Gasteiger charge is -2.14. The van der Waals surface area contributed by atoms with Crippen LogP contribution in [0.15, 0.2) is 218 Å². The molecule has 58 heavy (non-hydrogen) atoms. The van der Waals surface area contributed by atoms with Crippen LogP contribution in [0.5, 0.6) is 0 Å². The van der Waals surface area contributed by atoms with E-state index in [-0.39, 0.29) is 0 Å². The van der Waals surface area contributed by atoms with Crippen molar-refractivity contribution in [1.29, 1.82) is 0 Å². The molecule has 0 aliphatic carbocycles. The summed E-state index contributed by atoms with van der Waals surface area (Å²) in [7, 11) is 0. The first-order chi connectivity index (χ1) is 28.8. The maximum Gasteiger partial charge on any atom is 0.0546 e. The van der Waals surface area contributed by atoms with Gasteiger partial charge < -0.3 is 9.13 Å². The third-order valence-electron chi connectivity index (χ3n) is 12.1. The zero-order valence-corrected chi connectivity index (χ0v) is 31.7. The molecule has 2 heterocycles. The number of benzene rings is 10. The minimum atomic E-state index is 1.15. The van der Waals surface area contributed by atoms with Crippen molar-refractivity contribution in [3.8, 4) is 44.8 Å². The third kappa shape index (κ3) is 5.05. The van der Waals surface area contributed by atoms with Crippen LogP contribution >= 0.6 is 0 Å². The number of nitrogens with zero attached hydrogens (tertiary/aromatic N) is 2. The van der Waals surface area contributed by atoms with Crippen molar-refractivity contribution in [2.24, 2.45) is 0 Å². The lowest BCUT2D eigenvalue weighted by molar-refractivity contribution is 1.18. The molecule has 0 fully saturated rings. The predicted molar refractivity (Wildman–Crippen MR) is 246 cm³/mol. The van der Waals surface area contributed by atoms with Crippen LogP contribution in [0.3, 0.4) is 0 Å². The number of aromatic nitrogens is 2. The van der Waals surface area contributed by atoms with Gasteiger partial charge in [0.25, 0.3) is 0 Å². The van der Waals surface area contributed by atoms with Crippen LogP contribution in [0.2, 0.25) is 0 Å². The molecule has 0 aliphatic heterocycles. The van der Waals surface area contributed by atoms with Crippen molar-refractivity contribution in [3.05, 3.63) is 218 Å². The van der Waals surface area contributed by atoms with Gasteiger partial charge in [-0.3, -0.25) is 0 Å². The molecule has 0 N–H and O–H groups in total. The van der Waals surface area contributed by atoms with Crippen molar-refractivity contribution < 1.29 is 0 Å². The smallest absolute Gasteiger partial charge is 0.0546 e. The van der Waals surface area contributed by atoms with Crippen LogP contribution in [0.4, 0.5) is 0 Å². The topological polar surface area (TPSA) is 9.86 Å². The highest BCUT2D eigenvalue weighted by atomic mass is 15.0. The van der Waals surface area contributed by atoms with E-state index < -0.39 is 0 Å². The van der Waals surface area contributed by atoms with Crippen molar-refractivity contribution >= 4 is 65.2 Å². The van der Waals surface area contributed by atoms with Crippen LogP contribution in [0.1, 0.15) is 0 Å². The number of rotatable bonds is 5. The van der Waals surface area contributed by atoms with E-state index >= 15 is 0 Å². The first-order valence-electron chi connectivity index (χ1n) is 20.0. The predicted octanol–water partition coefficient (Wildman–Crippen LogP) is 15.2. The van der Waals surface area contributed by atoms with Crippen LogP contribution in [0.25, 0.3) is 110 Å². The van der Waals surface area contributed by atoms with Crippen molar-refractivity contribution in [1.82, 2.24) is 9.13 Å². The maximum absolute atomic E-state index is 2.47. The van der Waals surface area contributed by atoms with Gasteiger partial charge in [0.2, 0.25) is 0 Å². The fourth-order valence-electron chi connectivity index (χ4n) is 9.40. The summed E-state index contributed by atoms with van der Waals surface area (Å²) in [5.74, 6) is 0. The molecule has 0 radical (unpaired) electrons. The Morgan fingerprint density at radius 1 is 0.224 bits per heavy atom. The summed E-state index contributed by atoms with van der Waals surface area (Å²) in [6.07, 6.45) is 0. The normalized spacial score (nSPS) is 11.8. The Morgan fingerprint density at radius 3 is 1.28 bits per heavy atom. The average molecular weight is 737 g/mol. The van der Waals surface area contributed by atoms with Crippen molar-refractivity contribution in [3.63, 3.8) is 0 Å². The first kappa shape index (κ1) is 32.6. The highest BCUT2D eigenvalue weighted by molar-refractivity contribution is 6.16. The fourth-order valence-corrected chi connectivity index (χ4v) is 9.40. The van der Waals surface area contributed by atoms with Crippen LogP contribution < -0.4 is 0 Å². The Balaban J connectivity index is 1.05. The molecule has 0 bridgehead atoms. The molecule has 2 aromatic heterocycles. The first-order valence-corrected chi connectivity index (χ1v) is 20.0. The van der Waals surface area contributed by atoms with Gasteiger partial charge in [0.05, 0.1) is 27.8 Å². The van der Waals surface area contributed by atoms with Crippen LogP contribution in [-0.4, -0.2) is 9.13 Å². The van der Waals surface area contributed by atoms with E-state index in [2.05, 4.69) is 228 Å². The summed E-state index contributed by atoms with van der Waals surface area (Å²) in [6, 6.07) is 80.0. The molecule has 0 atom stereocenters. The molecule has 12 aromatic rings. The lowest BCUT2D eigenvalue weighted by atomic mass is 9.98. The quantitative estimate of drug-likeness (QED) is 0.156. The summed E-state index contributed by atoms with van der Waals surface area (Å²) in [5.41, 5.74) is 14.4. The van der Waals surface area contributed by atoms with Crippen molar-refractivity contribution in [2.45, 2.75) is 0 Å². The second-order valence-electron chi connectivity index (χ2n) is 15.3. The Morgan fingerprint density at radius 2 is 0.672 bits per heavy atom. The van der Waals surface area contributed by atoms with Gasteiger partial charge in [-0.2, -0.15) is 0 Å². The average Bonchev–Trinajstić information content (AvgIpc) is 3.81. The molecule has 270 valence electrons. The zero-order chi connectivity index (χ0) is 38.2. The highest BCUT2D eigenvalue weighted by Gasteiger charge is 2.19. The summed E-state index contributed by atoms with van der Waals surface area (Å²) < 4.78 is 4.91. The maximum atomic E-state index is 2.47. The third-order valence-corrected chi connectivity index (χ3v) is 12.1. The molecule has 0 saturated carbocycles. The molecule has 0 saturated heterocycles. The van der Waals surface area contributed by atoms with Gasteiger partial charge in [0.15, 0.2) is 0 Å². The highest BCUT2D eigenvalue weighted by Crippen LogP contribution is 2.41. The van der Waals surface area contributed by atoms with Gasteiger partial charge in [0.1, 0.15) is 0 Å². The Hall–Kier alpha value is -7.68. The molecule has 2 heteroatoms. The van der Waals surface area contributed by atoms with E-state index in [0.29, 0.717) is 0 Å². The van der Waals surface area contributed by atoms with Gasteiger partial charge in [-0.15, -0.1) is 0 Å². The number of fused-ring (bicyclic) bond motifs is 9. The Labute approximate surface area is 336 Å². The van der Waals surface area contributed by atoms with Crippen molar-refractivity contribution in [2.75, 3.05) is 0 Å². The molecular weight excluding hydrogens is 701 g/mol. The molecule has 0 amide bonds. The van der Waals surface area contributed by atoms with Gasteiger partial charge in [-0.25, -0.2) is 0 Å². The van der Waals surface area contributed by atoms with E-state index in [0.717, 1.165) is 5.69 Å². The molecule has 0 aliphatic rings. The van der Waals surface area contributed by atoms with Gasteiger partial charge in [-0.1, -0.05) is 158 Å². The van der Waals surface area contributed by atoms with Gasteiger partial charge in [0, 0.05) is 32.6 Å². The monoisotopic (exact) mass is 736 g/mol. The number of hydrogen-bond acceptors (Lipinski definition) is 0. The van der Waals surface area contributed by atoms with E-state index in [1.807, 2.05) is 0 Å². The molecule has 0 spiro atoms. The summed E-state index contributed by atoms with van der Waals surface area (Å²) in [5, 5.41) is 10.0. The Kier molecular flexibility index (Phi) is 7.26. The Bertz CT molecular complexity index is 3490. The molecule has 12 rings (SSSR count). The summed E-state index contributed by atoms with van der Waals surface area (Å²) in [4.78, 5) is 0. The second-order valence-corrected chi connectivity index (χ2v) is 15.3. The van der Waals surface area contributed by atoms with Gasteiger partial charge >= 0.3 is 0 Å². The standard InChI is InChI=1S/C56H36N2/c1-3-15-37(16-4-1)42-31-43(38-17-5-2-6-18-38)33-44(32-42)57-52-25-13-11-23-48(52)50-34-39(27-29-54(50)57)40-28-30-55-51(35-40)49-24-12-14-26-53(49)58(55)56-36-41-19-7-8-20-45(41)46-21-9-10-22-47(46)56/h1-36H. The summed E-state index contributed by atoms with van der Waals surface area (Å²) in [6.45, 7) is 0. The number of hydrogen-bond donors (Lipinski definition) is 0. The molecule has 2 nitrogen and oxygen atoms in total. The number of para-hydroxylation sites is 2. The zero-order valence-electron chi connectivity index (χ0n) is 31.7. The van der Waals surface area contributed by atoms with E-state index in [1.165, 1.54) is 104 Å². The van der Waals surface area contributed by atoms with Gasteiger partial charge in [-0.05, 0) is 110 Å². The SMILES string of the molecule is c1ccc(-c2cc(-c3ccccc3)cc(-n3c4ccccc4c4cc(-c5ccc6c(c5)c5ccccc5n6-c5cc6ccccc6c6ccccc56)ccc43)c2)cc1. The molecular formula is C56H36N2. The lowest BCUT2D eigenvalue weighted by Crippen LogP contribution is -1.96. The largest absolute Gasteiger partial charge is 0.309 e.